The predicted octanol–water partition coefficient (Wildman–Crippen LogP) is 12.4. The van der Waals surface area contributed by atoms with Gasteiger partial charge < -0.3 is 14.0 Å². The number of aryl methyl sites for hydroxylation is 2. The van der Waals surface area contributed by atoms with Gasteiger partial charge in [0, 0.05) is 49.9 Å². The molecular formula is C50H46IrN4OSi-2. The summed E-state index contributed by atoms with van der Waals surface area (Å²) in [5.74, 6) is 0.618. The van der Waals surface area contributed by atoms with Gasteiger partial charge in [0.1, 0.15) is 0 Å². The van der Waals surface area contributed by atoms with Crippen molar-refractivity contribution in [3.8, 4) is 39.5 Å². The molecule has 5 aromatic carbocycles. The quantitative estimate of drug-likeness (QED) is 0.118. The third-order valence-electron chi connectivity index (χ3n) is 9.68. The predicted molar refractivity (Wildman–Crippen MR) is 235 cm³/mol. The van der Waals surface area contributed by atoms with Crippen LogP contribution in [0.5, 0.6) is 0 Å². The van der Waals surface area contributed by atoms with Crippen LogP contribution in [-0.2, 0) is 26.5 Å². The Morgan fingerprint density at radius 1 is 0.825 bits per heavy atom. The molecule has 0 bridgehead atoms. The van der Waals surface area contributed by atoms with Crippen LogP contribution in [0, 0.1) is 31.8 Å². The smallest absolute Gasteiger partial charge is 0.216 e. The molecule has 9 aromatic rings. The topological polar surface area (TPSA) is 56.7 Å². The van der Waals surface area contributed by atoms with Gasteiger partial charge in [-0.1, -0.05) is 118 Å². The van der Waals surface area contributed by atoms with Crippen LogP contribution >= 0.6 is 0 Å². The molecule has 0 amide bonds. The summed E-state index contributed by atoms with van der Waals surface area (Å²) in [5.41, 5.74) is 10.6. The van der Waals surface area contributed by atoms with Crippen molar-refractivity contribution in [1.29, 1.82) is 0 Å². The molecule has 0 saturated heterocycles. The minimum absolute atomic E-state index is 0. The van der Waals surface area contributed by atoms with Gasteiger partial charge in [0.15, 0.2) is 0 Å². The Hall–Kier alpha value is -5.46. The molecule has 0 saturated carbocycles. The largest absolute Gasteiger partial charge is 0.486 e. The number of nitrogens with zero attached hydrogens (tertiary/aromatic N) is 4. The van der Waals surface area contributed by atoms with Crippen LogP contribution in [0.2, 0.25) is 19.6 Å². The Morgan fingerprint density at radius 2 is 1.61 bits per heavy atom. The standard InChI is InChI=1S/C31H20N3O.C19H26NSi.Ir/c1-20-17-18-25-24-13-8-14-26(29(24)35-31(25)32-20)30-33-27-15-5-6-16-28(27)34(30)23-12-7-11-22(19-23)21-9-3-2-4-10-21;1-14(2)11-17-12-18(16-9-7-15(3)8-10-16)20-13-19(17)21(4,5)6;/h2-13,15-19H,1H3;7-9,12-14H,11H2,1-6H3;/q2*-1;/i;3D3,11D2;. The Kier molecular flexibility index (Phi) is 9.78. The summed E-state index contributed by atoms with van der Waals surface area (Å²) in [4.78, 5) is 14.2. The number of imidazole rings is 1. The fraction of sp³-hybridized carbons (Fsp3) is 0.180. The van der Waals surface area contributed by atoms with E-state index in [4.69, 9.17) is 16.3 Å². The summed E-state index contributed by atoms with van der Waals surface area (Å²) < 4.78 is 48.1. The van der Waals surface area contributed by atoms with Crippen molar-refractivity contribution in [1.82, 2.24) is 19.5 Å². The van der Waals surface area contributed by atoms with E-state index < -0.39 is 21.3 Å². The van der Waals surface area contributed by atoms with E-state index in [0.29, 0.717) is 22.5 Å². The molecule has 4 heterocycles. The monoisotopic (exact) mass is 944 g/mol. The van der Waals surface area contributed by atoms with Gasteiger partial charge in [0.25, 0.3) is 0 Å². The van der Waals surface area contributed by atoms with Crippen LogP contribution in [0.4, 0.5) is 0 Å². The summed E-state index contributed by atoms with van der Waals surface area (Å²) >= 11 is 0. The summed E-state index contributed by atoms with van der Waals surface area (Å²) in [6, 6.07) is 48.2. The Balaban J connectivity index is 0.000000193. The van der Waals surface area contributed by atoms with Crippen molar-refractivity contribution in [3.05, 3.63) is 163 Å². The maximum Gasteiger partial charge on any atom is 0.216 e. The van der Waals surface area contributed by atoms with Crippen molar-refractivity contribution >= 4 is 46.4 Å². The zero-order chi connectivity index (χ0) is 43.3. The van der Waals surface area contributed by atoms with Crippen molar-refractivity contribution in [3.63, 3.8) is 0 Å². The van der Waals surface area contributed by atoms with E-state index >= 15 is 0 Å². The summed E-state index contributed by atoms with van der Waals surface area (Å²) in [6.45, 7) is 10.1. The first kappa shape index (κ1) is 33.7. The Morgan fingerprint density at radius 3 is 2.37 bits per heavy atom. The van der Waals surface area contributed by atoms with E-state index in [-0.39, 0.29) is 31.6 Å². The number of aromatic nitrogens is 4. The molecule has 0 spiro atoms. The maximum absolute atomic E-state index is 8.59. The van der Waals surface area contributed by atoms with E-state index in [9.17, 15) is 0 Å². The molecule has 0 N–H and O–H groups in total. The first-order valence-corrected chi connectivity index (χ1v) is 22.4. The molecular weight excluding hydrogens is 893 g/mol. The molecule has 4 aromatic heterocycles. The second-order valence-corrected chi connectivity index (χ2v) is 20.4. The number of benzene rings is 5. The van der Waals surface area contributed by atoms with Gasteiger partial charge in [-0.15, -0.1) is 53.6 Å². The van der Waals surface area contributed by atoms with Crippen LogP contribution in [0.15, 0.2) is 138 Å². The van der Waals surface area contributed by atoms with Crippen LogP contribution in [0.3, 0.4) is 0 Å². The minimum Gasteiger partial charge on any atom is -0.486 e. The van der Waals surface area contributed by atoms with Gasteiger partial charge in [-0.05, 0) is 77.6 Å². The second kappa shape index (κ2) is 16.6. The first-order chi connectivity index (χ1) is 29.0. The molecule has 9 rings (SSSR count). The van der Waals surface area contributed by atoms with Crippen molar-refractivity contribution in [2.45, 2.75) is 53.6 Å². The van der Waals surface area contributed by atoms with Crippen molar-refractivity contribution < 1.29 is 31.4 Å². The molecule has 0 fully saturated rings. The SMILES string of the molecule is Cc1ccc2c(n1)oc1c(-c3nc4ccccc4n3-c3cccc(-c4ccccc4)c3)[c-]ccc12.[2H]C([2H])([2H])c1c[c-]c(-c2cc(C([2H])([2H])C(C)C)c([Si](C)(C)C)cn2)cc1.[Ir]. The Labute approximate surface area is 357 Å². The number of rotatable bonds is 7. The molecule has 7 heteroatoms. The average molecular weight is 944 g/mol. The fourth-order valence-electron chi connectivity index (χ4n) is 7.01. The normalized spacial score (nSPS) is 13.3. The molecule has 0 aliphatic carbocycles. The van der Waals surface area contributed by atoms with Crippen LogP contribution in [0.1, 0.15) is 37.5 Å². The van der Waals surface area contributed by atoms with Crippen molar-refractivity contribution in [2.75, 3.05) is 0 Å². The minimum atomic E-state index is -2.16. The van der Waals surface area contributed by atoms with Gasteiger partial charge in [-0.25, -0.2) is 4.98 Å². The van der Waals surface area contributed by atoms with Crippen LogP contribution in [0.25, 0.3) is 72.6 Å². The molecule has 0 atom stereocenters. The average Bonchev–Trinajstić information content (AvgIpc) is 3.82. The number of fused-ring (bicyclic) bond motifs is 4. The van der Waals surface area contributed by atoms with E-state index in [1.165, 1.54) is 11.6 Å². The Bertz CT molecular complexity index is 3030. The van der Waals surface area contributed by atoms with Gasteiger partial charge in [0.2, 0.25) is 5.71 Å². The van der Waals surface area contributed by atoms with E-state index in [0.717, 1.165) is 60.9 Å². The summed E-state index contributed by atoms with van der Waals surface area (Å²) in [5, 5.41) is 3.02. The molecule has 0 unspecified atom stereocenters. The van der Waals surface area contributed by atoms with Crippen LogP contribution in [-0.4, -0.2) is 27.6 Å². The van der Waals surface area contributed by atoms with Crippen LogP contribution < -0.4 is 5.19 Å². The first-order valence-electron chi connectivity index (χ1n) is 21.4. The zero-order valence-corrected chi connectivity index (χ0v) is 36.2. The van der Waals surface area contributed by atoms with Gasteiger partial charge in [-0.2, -0.15) is 0 Å². The molecule has 287 valence electrons. The third kappa shape index (κ3) is 8.33. The van der Waals surface area contributed by atoms with Gasteiger partial charge in [-0.3, -0.25) is 4.98 Å². The second-order valence-electron chi connectivity index (χ2n) is 15.3. The van der Waals surface area contributed by atoms with E-state index in [1.54, 1.807) is 18.3 Å². The zero-order valence-electron chi connectivity index (χ0n) is 37.8. The third-order valence-corrected chi connectivity index (χ3v) is 11.7. The van der Waals surface area contributed by atoms with E-state index in [2.05, 4.69) is 107 Å². The number of para-hydroxylation sites is 2. The fourth-order valence-corrected chi connectivity index (χ4v) is 8.41. The number of hydrogen-bond acceptors (Lipinski definition) is 4. The van der Waals surface area contributed by atoms with Gasteiger partial charge >= 0.3 is 0 Å². The summed E-state index contributed by atoms with van der Waals surface area (Å²) in [6.07, 6.45) is 0.328. The molecule has 5 nitrogen and oxygen atoms in total. The van der Waals surface area contributed by atoms with E-state index in [1.807, 2.05) is 69.3 Å². The molecule has 57 heavy (non-hydrogen) atoms. The van der Waals surface area contributed by atoms with Crippen molar-refractivity contribution in [2.24, 2.45) is 5.92 Å². The van der Waals surface area contributed by atoms with Gasteiger partial charge in [0.05, 0.1) is 30.5 Å². The number of pyridine rings is 2. The molecule has 1 radical (unpaired) electrons. The maximum atomic E-state index is 8.59. The molecule has 0 aliphatic rings. The number of furan rings is 1. The number of hydrogen-bond donors (Lipinski definition) is 0. The molecule has 0 aliphatic heterocycles. The summed E-state index contributed by atoms with van der Waals surface area (Å²) in [7, 11) is -1.78.